The maximum atomic E-state index is 15.7. The van der Waals surface area contributed by atoms with Crippen LogP contribution in [0.3, 0.4) is 0 Å². The zero-order chi connectivity index (χ0) is 50.8. The fraction of sp³-hybridized carbons (Fsp3) is 0.480. The number of aromatic nitrogens is 3. The maximum absolute atomic E-state index is 15.7. The lowest BCUT2D eigenvalue weighted by atomic mass is 9.87. The Hall–Kier alpha value is -6.74. The van der Waals surface area contributed by atoms with E-state index in [9.17, 15) is 41.9 Å². The molecule has 3 aromatic rings. The van der Waals surface area contributed by atoms with Crippen LogP contribution in [0.25, 0.3) is 0 Å². The minimum absolute atomic E-state index is 0.00538. The summed E-state index contributed by atoms with van der Waals surface area (Å²) < 4.78 is 61.6. The van der Waals surface area contributed by atoms with E-state index in [2.05, 4.69) is 25.3 Å². The van der Waals surface area contributed by atoms with Crippen LogP contribution in [0.4, 0.5) is 28.9 Å². The number of hydrogen-bond acceptors (Lipinski definition) is 12. The molecule has 4 aliphatic heterocycles. The highest BCUT2D eigenvalue weighted by Crippen LogP contribution is 2.38. The molecule has 1 aromatic heterocycles. The molecule has 380 valence electrons. The summed E-state index contributed by atoms with van der Waals surface area (Å²) in [5.41, 5.74) is 0.778. The summed E-state index contributed by atoms with van der Waals surface area (Å²) in [6, 6.07) is 8.57. The van der Waals surface area contributed by atoms with Crippen LogP contribution in [-0.4, -0.2) is 149 Å². The number of rotatable bonds is 22. The number of anilines is 2. The molecule has 0 radical (unpaired) electrons. The number of halogens is 4. The molecule has 2 N–H and O–H groups in total. The summed E-state index contributed by atoms with van der Waals surface area (Å²) in [5, 5.41) is 12.8. The molecule has 0 bridgehead atoms. The molecule has 2 fully saturated rings. The standard InChI is InChI=1S/C50H61F4N11O6/c1-4-6-43(47(69)56-32-67)65-48(70)39-24-42(51)44(25-40(39)49(65)71)63-19-17-62(18-20-63)26-35(11-14-55-31-66)10-9-34-12-15-61(16-13-34)27-37-22-41(50(52,53)54)45(64(28-37)33-68)29-59(2)38-8-5-7-36(21-38)23-46-58-57-30-60(46)3/h5,7-8,21-22,24-25,28-35,43H,4,6,9-20,23,26-27H2,1-3H3,(H,55,66)(H,56,67,69)/b45-29-. The molecule has 0 saturated carbocycles. The molecular formula is C50H61F4N11O6. The second kappa shape index (κ2) is 23.4. The number of likely N-dealkylation sites (tertiary alicyclic amines) is 1. The Kier molecular flexibility index (Phi) is 17.2. The molecule has 2 unspecified atom stereocenters. The topological polar surface area (TPSA) is 177 Å². The second-order valence-corrected chi connectivity index (χ2v) is 18.7. The van der Waals surface area contributed by atoms with Crippen LogP contribution in [-0.2, 0) is 32.6 Å². The van der Waals surface area contributed by atoms with Gasteiger partial charge in [-0.25, -0.2) is 4.39 Å². The Morgan fingerprint density at radius 1 is 0.944 bits per heavy atom. The smallest absolute Gasteiger partial charge is 0.367 e. The highest BCUT2D eigenvalue weighted by molar-refractivity contribution is 6.23. The zero-order valence-electron chi connectivity index (χ0n) is 40.2. The van der Waals surface area contributed by atoms with Gasteiger partial charge < -0.3 is 19.7 Å². The Labute approximate surface area is 410 Å². The number of amides is 6. The second-order valence-electron chi connectivity index (χ2n) is 18.7. The van der Waals surface area contributed by atoms with Gasteiger partial charge in [0.1, 0.15) is 24.0 Å². The number of carbonyl (C=O) groups is 6. The normalized spacial score (nSPS) is 18.5. The first-order valence-electron chi connectivity index (χ1n) is 24.0. The van der Waals surface area contributed by atoms with Crippen LogP contribution in [0.15, 0.2) is 78.0 Å². The van der Waals surface area contributed by atoms with Gasteiger partial charge in [-0.1, -0.05) is 31.9 Å². The van der Waals surface area contributed by atoms with E-state index in [4.69, 9.17) is 0 Å². The molecule has 0 spiro atoms. The Balaban J connectivity index is 0.917. The summed E-state index contributed by atoms with van der Waals surface area (Å²) in [6.45, 7) is 6.76. The third-order valence-electron chi connectivity index (χ3n) is 13.9. The summed E-state index contributed by atoms with van der Waals surface area (Å²) >= 11 is 0. The number of nitrogens with one attached hydrogen (secondary N) is 2. The van der Waals surface area contributed by atoms with Gasteiger partial charge in [0, 0.05) is 84.4 Å². The van der Waals surface area contributed by atoms with E-state index in [1.54, 1.807) is 35.8 Å². The fourth-order valence-corrected chi connectivity index (χ4v) is 9.99. The number of aryl methyl sites for hydroxylation is 1. The number of alkyl halides is 3. The third kappa shape index (κ3) is 12.6. The number of imide groups is 2. The van der Waals surface area contributed by atoms with E-state index < -0.39 is 41.3 Å². The summed E-state index contributed by atoms with van der Waals surface area (Å²) in [6.07, 6.45) is 7.44. The number of fused-ring (bicyclic) bond motifs is 1. The fourth-order valence-electron chi connectivity index (χ4n) is 9.99. The maximum Gasteiger partial charge on any atom is 0.418 e. The van der Waals surface area contributed by atoms with E-state index in [0.717, 1.165) is 72.0 Å². The van der Waals surface area contributed by atoms with Crippen molar-refractivity contribution in [2.75, 3.05) is 75.8 Å². The molecule has 17 nitrogen and oxygen atoms in total. The molecule has 0 aliphatic carbocycles. The summed E-state index contributed by atoms with van der Waals surface area (Å²) in [4.78, 5) is 83.5. The van der Waals surface area contributed by atoms with Gasteiger partial charge in [-0.3, -0.25) is 53.7 Å². The van der Waals surface area contributed by atoms with Crippen LogP contribution in [0, 0.1) is 17.7 Å². The number of piperazine rings is 1. The molecule has 5 heterocycles. The monoisotopic (exact) mass is 987 g/mol. The van der Waals surface area contributed by atoms with Crippen molar-refractivity contribution < 1.29 is 46.3 Å². The zero-order valence-corrected chi connectivity index (χ0v) is 40.2. The van der Waals surface area contributed by atoms with Crippen molar-refractivity contribution in [2.24, 2.45) is 18.9 Å². The average Bonchev–Trinajstić information content (AvgIpc) is 3.86. The van der Waals surface area contributed by atoms with Crippen molar-refractivity contribution in [3.63, 3.8) is 0 Å². The predicted molar refractivity (Wildman–Crippen MR) is 256 cm³/mol. The van der Waals surface area contributed by atoms with Crippen molar-refractivity contribution in [1.82, 2.24) is 45.0 Å². The lowest BCUT2D eigenvalue weighted by Crippen LogP contribution is -2.49. The first kappa shape index (κ1) is 52.1. The number of nitrogens with zero attached hydrogens (tertiary/aromatic N) is 9. The van der Waals surface area contributed by atoms with Gasteiger partial charge in [-0.05, 0) is 98.5 Å². The molecule has 6 amide bonds. The molecular weight excluding hydrogens is 927 g/mol. The van der Waals surface area contributed by atoms with Crippen LogP contribution in [0.2, 0.25) is 0 Å². The van der Waals surface area contributed by atoms with E-state index in [0.29, 0.717) is 88.7 Å². The van der Waals surface area contributed by atoms with Crippen molar-refractivity contribution in [3.05, 3.63) is 106 Å². The van der Waals surface area contributed by atoms with Gasteiger partial charge in [0.2, 0.25) is 25.1 Å². The number of hydrogen-bond donors (Lipinski definition) is 2. The third-order valence-corrected chi connectivity index (χ3v) is 13.9. The lowest BCUT2D eigenvalue weighted by Gasteiger charge is -2.38. The van der Waals surface area contributed by atoms with Crippen LogP contribution >= 0.6 is 0 Å². The van der Waals surface area contributed by atoms with E-state index >= 15 is 4.39 Å². The van der Waals surface area contributed by atoms with Crippen LogP contribution in [0.1, 0.15) is 84.0 Å². The quantitative estimate of drug-likeness (QED) is 0.0612. The highest BCUT2D eigenvalue weighted by Gasteiger charge is 2.44. The van der Waals surface area contributed by atoms with Crippen molar-refractivity contribution >= 4 is 48.3 Å². The first-order chi connectivity index (χ1) is 34.1. The number of piperidine rings is 1. The Morgan fingerprint density at radius 3 is 2.32 bits per heavy atom. The van der Waals surface area contributed by atoms with Gasteiger partial charge in [-0.2, -0.15) is 13.2 Å². The van der Waals surface area contributed by atoms with Gasteiger partial charge in [0.15, 0.2) is 0 Å². The average molecular weight is 988 g/mol. The van der Waals surface area contributed by atoms with Crippen LogP contribution in [0.5, 0.6) is 0 Å². The minimum Gasteiger partial charge on any atom is -0.367 e. The van der Waals surface area contributed by atoms with Gasteiger partial charge in [0.25, 0.3) is 11.8 Å². The van der Waals surface area contributed by atoms with Gasteiger partial charge in [-0.15, -0.1) is 10.2 Å². The molecule has 21 heteroatoms. The van der Waals surface area contributed by atoms with Crippen molar-refractivity contribution in [3.8, 4) is 0 Å². The molecule has 4 aliphatic rings. The Morgan fingerprint density at radius 2 is 1.68 bits per heavy atom. The van der Waals surface area contributed by atoms with Gasteiger partial charge >= 0.3 is 6.18 Å². The largest absolute Gasteiger partial charge is 0.418 e. The number of allylic oxidation sites excluding steroid dienone is 1. The molecule has 2 atom stereocenters. The molecule has 2 aromatic carbocycles. The number of benzene rings is 2. The van der Waals surface area contributed by atoms with E-state index in [-0.39, 0.29) is 47.8 Å². The van der Waals surface area contributed by atoms with E-state index in [1.807, 2.05) is 35.5 Å². The van der Waals surface area contributed by atoms with Gasteiger partial charge in [0.05, 0.1) is 28.1 Å². The number of carbonyl (C=O) groups excluding carboxylic acids is 6. The lowest BCUT2D eigenvalue weighted by molar-refractivity contribution is -0.128. The Bertz CT molecular complexity index is 2530. The molecule has 71 heavy (non-hydrogen) atoms. The molecule has 7 rings (SSSR count). The van der Waals surface area contributed by atoms with Crippen molar-refractivity contribution in [2.45, 2.75) is 70.5 Å². The summed E-state index contributed by atoms with van der Waals surface area (Å²) in [5.74, 6) is -1.57. The SMILES string of the molecule is CCCC(C(=O)NC=O)N1C(=O)c2cc(F)c(N3CCN(CC(CCNC=O)CCC4CCN(CC5=CN(C=O)/C(=C\N(C)c6cccc(Cc7nncn7C)c6)C(C(F)(F)F)=C5)CC4)CC3)cc2C1=O. The summed E-state index contributed by atoms with van der Waals surface area (Å²) in [7, 11) is 3.47. The predicted octanol–water partition coefficient (Wildman–Crippen LogP) is 4.77. The minimum atomic E-state index is -4.73. The highest BCUT2D eigenvalue weighted by atomic mass is 19.4. The van der Waals surface area contributed by atoms with Crippen molar-refractivity contribution in [1.29, 1.82) is 0 Å². The first-order valence-corrected chi connectivity index (χ1v) is 24.0. The van der Waals surface area contributed by atoms with Crippen LogP contribution < -0.4 is 20.4 Å². The van der Waals surface area contributed by atoms with E-state index in [1.165, 1.54) is 18.5 Å². The molecule has 2 saturated heterocycles.